The van der Waals surface area contributed by atoms with E-state index in [-0.39, 0.29) is 24.1 Å². The molecule has 1 unspecified atom stereocenters. The summed E-state index contributed by atoms with van der Waals surface area (Å²) in [6.07, 6.45) is 3.83. The highest BCUT2D eigenvalue weighted by Gasteiger charge is 2.28. The number of carbonyl (C=O) groups is 1. The molecule has 6 nitrogen and oxygen atoms in total. The van der Waals surface area contributed by atoms with Gasteiger partial charge >= 0.3 is 0 Å². The Morgan fingerprint density at radius 3 is 2.81 bits per heavy atom. The Morgan fingerprint density at radius 1 is 1.19 bits per heavy atom. The molecule has 138 valence electrons. The number of hydrogen-bond acceptors (Lipinski definition) is 4. The number of nitrogens with zero attached hydrogens (tertiary/aromatic N) is 2. The van der Waals surface area contributed by atoms with Gasteiger partial charge in [0.2, 0.25) is 5.91 Å². The Labute approximate surface area is 152 Å². The highest BCUT2D eigenvalue weighted by atomic mass is 16.3. The van der Waals surface area contributed by atoms with Crippen LogP contribution in [-0.4, -0.2) is 58.1 Å². The molecule has 1 aromatic heterocycles. The summed E-state index contributed by atoms with van der Waals surface area (Å²) in [5, 5.41) is 11.2. The first-order chi connectivity index (χ1) is 12.7. The van der Waals surface area contributed by atoms with Gasteiger partial charge in [0.05, 0.1) is 13.2 Å². The fourth-order valence-corrected chi connectivity index (χ4v) is 4.26. The lowest BCUT2D eigenvalue weighted by Crippen LogP contribution is -2.49. The Morgan fingerprint density at radius 2 is 2.00 bits per heavy atom. The summed E-state index contributed by atoms with van der Waals surface area (Å²) in [5.41, 5.74) is 1.94. The van der Waals surface area contributed by atoms with Gasteiger partial charge in [-0.25, -0.2) is 0 Å². The third kappa shape index (κ3) is 3.15. The third-order valence-electron chi connectivity index (χ3n) is 5.76. The van der Waals surface area contributed by atoms with Crippen molar-refractivity contribution in [1.29, 1.82) is 0 Å². The molecule has 2 aliphatic rings. The Kier molecular flexibility index (Phi) is 4.78. The normalized spacial score (nSPS) is 21.0. The standard InChI is InChI=1S/C20H25N3O3/c24-13-14-5-3-4-9-22(14)12-19(25)23-10-8-18-17(11-23)15-6-1-2-7-16(15)20(26)21-18/h1-2,6-7,14,24H,3-5,8-13H2,(H,21,26). The number of rotatable bonds is 3. The van der Waals surface area contributed by atoms with Crippen molar-refractivity contribution in [2.45, 2.75) is 38.3 Å². The van der Waals surface area contributed by atoms with Crippen LogP contribution in [0.15, 0.2) is 29.1 Å². The first-order valence-corrected chi connectivity index (χ1v) is 9.43. The van der Waals surface area contributed by atoms with Crippen LogP contribution >= 0.6 is 0 Å². The van der Waals surface area contributed by atoms with Gasteiger partial charge in [-0.05, 0) is 36.4 Å². The minimum absolute atomic E-state index is 0.0572. The van der Waals surface area contributed by atoms with Crippen molar-refractivity contribution in [1.82, 2.24) is 14.8 Å². The summed E-state index contributed by atoms with van der Waals surface area (Å²) in [4.78, 5) is 32.1. The highest BCUT2D eigenvalue weighted by molar-refractivity contribution is 5.86. The second-order valence-electron chi connectivity index (χ2n) is 7.32. The second kappa shape index (κ2) is 7.21. The number of fused-ring (bicyclic) bond motifs is 3. The predicted molar refractivity (Wildman–Crippen MR) is 100.0 cm³/mol. The number of pyridine rings is 1. The minimum Gasteiger partial charge on any atom is -0.395 e. The molecule has 1 amide bonds. The largest absolute Gasteiger partial charge is 0.395 e. The number of benzene rings is 1. The number of amides is 1. The van der Waals surface area contributed by atoms with E-state index in [1.165, 1.54) is 0 Å². The number of nitrogens with one attached hydrogen (secondary N) is 1. The van der Waals surface area contributed by atoms with E-state index in [0.29, 0.717) is 31.4 Å². The molecule has 0 bridgehead atoms. The molecule has 2 aliphatic heterocycles. The Balaban J connectivity index is 1.55. The third-order valence-corrected chi connectivity index (χ3v) is 5.76. The number of aromatic amines is 1. The summed E-state index contributed by atoms with van der Waals surface area (Å²) < 4.78 is 0. The minimum atomic E-state index is -0.0572. The van der Waals surface area contributed by atoms with Crippen molar-refractivity contribution < 1.29 is 9.90 Å². The SMILES string of the molecule is O=C(CN1CCCCC1CO)N1CCc2[nH]c(=O)c3ccccc3c2C1. The number of piperidine rings is 1. The van der Waals surface area contributed by atoms with Gasteiger partial charge in [0.15, 0.2) is 0 Å². The lowest BCUT2D eigenvalue weighted by Gasteiger charge is -2.36. The van der Waals surface area contributed by atoms with Gasteiger partial charge in [0, 0.05) is 36.6 Å². The van der Waals surface area contributed by atoms with E-state index >= 15 is 0 Å². The first-order valence-electron chi connectivity index (χ1n) is 9.43. The van der Waals surface area contributed by atoms with Crippen LogP contribution in [0.4, 0.5) is 0 Å². The molecule has 6 heteroatoms. The summed E-state index contributed by atoms with van der Waals surface area (Å²) in [6.45, 7) is 2.50. The van der Waals surface area contributed by atoms with Gasteiger partial charge in [0.1, 0.15) is 0 Å². The van der Waals surface area contributed by atoms with Crippen LogP contribution < -0.4 is 5.56 Å². The molecule has 0 saturated carbocycles. The second-order valence-corrected chi connectivity index (χ2v) is 7.32. The van der Waals surface area contributed by atoms with Crippen LogP contribution in [0.25, 0.3) is 10.8 Å². The van der Waals surface area contributed by atoms with Crippen LogP contribution in [0.3, 0.4) is 0 Å². The Hall–Kier alpha value is -2.18. The number of carbonyl (C=O) groups excluding carboxylic acids is 1. The first kappa shape index (κ1) is 17.2. The average molecular weight is 355 g/mol. The number of likely N-dealkylation sites (tertiary alicyclic amines) is 1. The van der Waals surface area contributed by atoms with Crippen molar-refractivity contribution in [2.24, 2.45) is 0 Å². The van der Waals surface area contributed by atoms with Crippen LogP contribution in [0.2, 0.25) is 0 Å². The maximum Gasteiger partial charge on any atom is 0.256 e. The van der Waals surface area contributed by atoms with Crippen molar-refractivity contribution in [2.75, 3.05) is 26.2 Å². The zero-order chi connectivity index (χ0) is 18.1. The molecule has 1 aromatic carbocycles. The topological polar surface area (TPSA) is 76.6 Å². The monoisotopic (exact) mass is 355 g/mol. The van der Waals surface area contributed by atoms with Crippen LogP contribution in [0.1, 0.15) is 30.5 Å². The summed E-state index contributed by atoms with van der Waals surface area (Å²) in [7, 11) is 0. The van der Waals surface area contributed by atoms with Gasteiger partial charge in [-0.1, -0.05) is 24.6 Å². The molecule has 1 saturated heterocycles. The quantitative estimate of drug-likeness (QED) is 0.869. The molecule has 3 heterocycles. The van der Waals surface area contributed by atoms with Crippen molar-refractivity contribution in [3.05, 3.63) is 45.9 Å². The fourth-order valence-electron chi connectivity index (χ4n) is 4.26. The van der Waals surface area contributed by atoms with Gasteiger partial charge in [-0.3, -0.25) is 14.5 Å². The zero-order valence-electron chi connectivity index (χ0n) is 14.9. The smallest absolute Gasteiger partial charge is 0.256 e. The van der Waals surface area contributed by atoms with E-state index in [2.05, 4.69) is 9.88 Å². The number of aliphatic hydroxyl groups is 1. The maximum absolute atomic E-state index is 12.9. The summed E-state index contributed by atoms with van der Waals surface area (Å²) in [5.74, 6) is 0.103. The lowest BCUT2D eigenvalue weighted by atomic mass is 9.98. The average Bonchev–Trinajstić information content (AvgIpc) is 2.68. The summed E-state index contributed by atoms with van der Waals surface area (Å²) >= 11 is 0. The molecular formula is C20H25N3O3. The van der Waals surface area contributed by atoms with E-state index in [1.54, 1.807) is 0 Å². The van der Waals surface area contributed by atoms with Crippen LogP contribution in [0.5, 0.6) is 0 Å². The predicted octanol–water partition coefficient (Wildman–Crippen LogP) is 1.26. The molecule has 26 heavy (non-hydrogen) atoms. The van der Waals surface area contributed by atoms with E-state index in [0.717, 1.165) is 42.5 Å². The molecule has 1 atom stereocenters. The van der Waals surface area contributed by atoms with E-state index in [1.807, 2.05) is 29.2 Å². The van der Waals surface area contributed by atoms with Crippen LogP contribution in [-0.2, 0) is 17.8 Å². The van der Waals surface area contributed by atoms with Gasteiger partial charge in [-0.15, -0.1) is 0 Å². The Bertz CT molecular complexity index is 876. The summed E-state index contributed by atoms with van der Waals surface area (Å²) in [6, 6.07) is 7.68. The van der Waals surface area contributed by atoms with Gasteiger partial charge in [0.25, 0.3) is 5.56 Å². The molecule has 2 N–H and O–H groups in total. The molecule has 2 aromatic rings. The highest BCUT2D eigenvalue weighted by Crippen LogP contribution is 2.24. The molecular weight excluding hydrogens is 330 g/mol. The van der Waals surface area contributed by atoms with E-state index in [4.69, 9.17) is 0 Å². The molecule has 0 radical (unpaired) electrons. The maximum atomic E-state index is 12.9. The number of aromatic nitrogens is 1. The molecule has 1 fully saturated rings. The molecule has 0 spiro atoms. The molecule has 0 aliphatic carbocycles. The zero-order valence-corrected chi connectivity index (χ0v) is 14.9. The molecule has 4 rings (SSSR count). The van der Waals surface area contributed by atoms with Crippen molar-refractivity contribution in [3.63, 3.8) is 0 Å². The fraction of sp³-hybridized carbons (Fsp3) is 0.500. The number of hydrogen-bond donors (Lipinski definition) is 2. The van der Waals surface area contributed by atoms with E-state index < -0.39 is 0 Å². The number of aliphatic hydroxyl groups excluding tert-OH is 1. The lowest BCUT2D eigenvalue weighted by molar-refractivity contribution is -0.134. The van der Waals surface area contributed by atoms with Crippen LogP contribution in [0, 0.1) is 0 Å². The van der Waals surface area contributed by atoms with Gasteiger partial charge in [-0.2, -0.15) is 0 Å². The number of H-pyrrole nitrogens is 1. The van der Waals surface area contributed by atoms with Gasteiger partial charge < -0.3 is 15.0 Å². The van der Waals surface area contributed by atoms with E-state index in [9.17, 15) is 14.7 Å². The van der Waals surface area contributed by atoms with Crippen molar-refractivity contribution in [3.8, 4) is 0 Å². The van der Waals surface area contributed by atoms with Crippen molar-refractivity contribution >= 4 is 16.7 Å².